The number of piperazine rings is 1. The van der Waals surface area contributed by atoms with E-state index in [2.05, 4.69) is 30.4 Å². The van der Waals surface area contributed by atoms with E-state index in [-0.39, 0.29) is 18.1 Å². The lowest BCUT2D eigenvalue weighted by Gasteiger charge is -2.34. The van der Waals surface area contributed by atoms with E-state index in [0.29, 0.717) is 6.54 Å². The van der Waals surface area contributed by atoms with Crippen LogP contribution < -0.4 is 15.5 Å². The van der Waals surface area contributed by atoms with Gasteiger partial charge in [-0.15, -0.1) is 0 Å². The highest BCUT2D eigenvalue weighted by Gasteiger charge is 2.30. The minimum atomic E-state index is -4.40. The van der Waals surface area contributed by atoms with Gasteiger partial charge in [0.15, 0.2) is 0 Å². The number of nitrogens with one attached hydrogen (secondary N) is 2. The van der Waals surface area contributed by atoms with Gasteiger partial charge in [0.25, 0.3) is 0 Å². The first kappa shape index (κ1) is 21.8. The molecule has 0 bridgehead atoms. The van der Waals surface area contributed by atoms with Gasteiger partial charge in [-0.05, 0) is 37.2 Å². The monoisotopic (exact) mass is 422 g/mol. The van der Waals surface area contributed by atoms with E-state index in [9.17, 15) is 18.0 Å². The minimum Gasteiger partial charge on any atom is -0.376 e. The molecule has 0 atom stereocenters. The van der Waals surface area contributed by atoms with E-state index in [1.807, 2.05) is 0 Å². The predicted octanol–water partition coefficient (Wildman–Crippen LogP) is 2.24. The van der Waals surface area contributed by atoms with Gasteiger partial charge in [-0.3, -0.25) is 9.69 Å². The van der Waals surface area contributed by atoms with Crippen LogP contribution in [-0.4, -0.2) is 66.6 Å². The van der Waals surface area contributed by atoms with E-state index in [0.717, 1.165) is 57.2 Å². The summed E-state index contributed by atoms with van der Waals surface area (Å²) in [5, 5.41) is 5.52. The highest BCUT2D eigenvalue weighted by molar-refractivity contribution is 5.80. The third-order valence-electron chi connectivity index (χ3n) is 4.82. The van der Waals surface area contributed by atoms with Crippen molar-refractivity contribution in [3.05, 3.63) is 48.3 Å². The summed E-state index contributed by atoms with van der Waals surface area (Å²) in [6, 6.07) is 6.60. The van der Waals surface area contributed by atoms with Gasteiger partial charge in [-0.1, -0.05) is 6.07 Å². The molecule has 2 aromatic rings. The molecule has 0 saturated carbocycles. The van der Waals surface area contributed by atoms with Crippen molar-refractivity contribution in [2.75, 3.05) is 56.0 Å². The van der Waals surface area contributed by atoms with Crippen molar-refractivity contribution in [1.82, 2.24) is 20.2 Å². The Morgan fingerprint density at radius 1 is 1.07 bits per heavy atom. The number of amides is 1. The van der Waals surface area contributed by atoms with Gasteiger partial charge < -0.3 is 15.5 Å². The third kappa shape index (κ3) is 6.58. The molecule has 2 heterocycles. The van der Waals surface area contributed by atoms with Crippen LogP contribution in [0.3, 0.4) is 0 Å². The molecule has 1 aliphatic rings. The van der Waals surface area contributed by atoms with Crippen LogP contribution in [0.4, 0.5) is 24.8 Å². The van der Waals surface area contributed by atoms with Gasteiger partial charge in [-0.25, -0.2) is 9.97 Å². The van der Waals surface area contributed by atoms with Crippen LogP contribution in [0.5, 0.6) is 0 Å². The molecule has 0 unspecified atom stereocenters. The van der Waals surface area contributed by atoms with Crippen molar-refractivity contribution in [2.45, 2.75) is 12.6 Å². The van der Waals surface area contributed by atoms with Gasteiger partial charge in [0.1, 0.15) is 0 Å². The van der Waals surface area contributed by atoms with Crippen LogP contribution in [0.25, 0.3) is 0 Å². The zero-order valence-electron chi connectivity index (χ0n) is 16.5. The number of anilines is 2. The average Bonchev–Trinajstić information content (AvgIpc) is 2.76. The topological polar surface area (TPSA) is 73.4 Å². The number of halogens is 3. The van der Waals surface area contributed by atoms with Crippen molar-refractivity contribution < 1.29 is 18.0 Å². The second kappa shape index (κ2) is 10.2. The zero-order valence-corrected chi connectivity index (χ0v) is 16.5. The number of rotatable bonds is 8. The number of nitrogens with zero attached hydrogens (tertiary/aromatic N) is 4. The maximum absolute atomic E-state index is 12.7. The second-order valence-electron chi connectivity index (χ2n) is 7.01. The standard InChI is InChI=1S/C20H25F3N6O/c21-20(22,23)16-4-1-5-17(14-16)27-15-18(30)24-8-3-9-28-10-12-29(13-11-28)19-25-6-2-7-26-19/h1-2,4-7,14,27H,3,8-13,15H2,(H,24,30). The average molecular weight is 422 g/mol. The molecule has 1 amide bonds. The Morgan fingerprint density at radius 2 is 1.80 bits per heavy atom. The molecular weight excluding hydrogens is 397 g/mol. The summed E-state index contributed by atoms with van der Waals surface area (Å²) in [6.07, 6.45) is -0.130. The first-order chi connectivity index (χ1) is 14.4. The lowest BCUT2D eigenvalue weighted by Crippen LogP contribution is -2.47. The molecule has 1 aromatic carbocycles. The minimum absolute atomic E-state index is 0.0724. The van der Waals surface area contributed by atoms with E-state index in [1.54, 1.807) is 18.5 Å². The molecule has 1 saturated heterocycles. The molecule has 0 aliphatic carbocycles. The van der Waals surface area contributed by atoms with E-state index >= 15 is 0 Å². The second-order valence-corrected chi connectivity index (χ2v) is 7.01. The quantitative estimate of drug-likeness (QED) is 0.636. The number of hydrogen-bond acceptors (Lipinski definition) is 6. The summed E-state index contributed by atoms with van der Waals surface area (Å²) in [4.78, 5) is 24.9. The number of benzene rings is 1. The maximum Gasteiger partial charge on any atom is 0.416 e. The Bertz CT molecular complexity index is 810. The Balaban J connectivity index is 1.29. The number of hydrogen-bond donors (Lipinski definition) is 2. The molecule has 10 heteroatoms. The summed E-state index contributed by atoms with van der Waals surface area (Å²) in [5.41, 5.74) is -0.480. The van der Waals surface area contributed by atoms with Crippen molar-refractivity contribution in [3.8, 4) is 0 Å². The zero-order chi connectivity index (χ0) is 21.4. The summed E-state index contributed by atoms with van der Waals surface area (Å²) < 4.78 is 38.1. The SMILES string of the molecule is O=C(CNc1cccc(C(F)(F)F)c1)NCCCN1CCN(c2ncccn2)CC1. The molecule has 2 N–H and O–H groups in total. The molecule has 0 radical (unpaired) electrons. The lowest BCUT2D eigenvalue weighted by atomic mass is 10.2. The van der Waals surface area contributed by atoms with Crippen LogP contribution in [-0.2, 0) is 11.0 Å². The molecule has 1 aromatic heterocycles. The number of alkyl halides is 3. The van der Waals surface area contributed by atoms with Crippen LogP contribution in [0, 0.1) is 0 Å². The van der Waals surface area contributed by atoms with Gasteiger partial charge in [0.05, 0.1) is 12.1 Å². The Labute approximate surface area is 173 Å². The Hall–Kier alpha value is -2.88. The third-order valence-corrected chi connectivity index (χ3v) is 4.82. The van der Waals surface area contributed by atoms with E-state index in [1.165, 1.54) is 12.1 Å². The molecule has 162 valence electrons. The molecule has 1 aliphatic heterocycles. The van der Waals surface area contributed by atoms with Gasteiger partial charge in [-0.2, -0.15) is 13.2 Å². The fraction of sp³-hybridized carbons (Fsp3) is 0.450. The Kier molecular flexibility index (Phi) is 7.45. The largest absolute Gasteiger partial charge is 0.416 e. The molecule has 3 rings (SSSR count). The van der Waals surface area contributed by atoms with Crippen LogP contribution in [0.1, 0.15) is 12.0 Å². The maximum atomic E-state index is 12.7. The van der Waals surface area contributed by atoms with Crippen LogP contribution >= 0.6 is 0 Å². The van der Waals surface area contributed by atoms with Crippen LogP contribution in [0.15, 0.2) is 42.7 Å². The molecule has 0 spiro atoms. The highest BCUT2D eigenvalue weighted by atomic mass is 19.4. The summed E-state index contributed by atoms with van der Waals surface area (Å²) in [7, 11) is 0. The Morgan fingerprint density at radius 3 is 2.50 bits per heavy atom. The van der Waals surface area contributed by atoms with Crippen LogP contribution in [0.2, 0.25) is 0 Å². The first-order valence-corrected chi connectivity index (χ1v) is 9.84. The molecular formula is C20H25F3N6O. The van der Waals surface area contributed by atoms with Gasteiger partial charge in [0.2, 0.25) is 11.9 Å². The molecule has 7 nitrogen and oxygen atoms in total. The van der Waals surface area contributed by atoms with E-state index in [4.69, 9.17) is 0 Å². The van der Waals surface area contributed by atoms with Crippen molar-refractivity contribution in [1.29, 1.82) is 0 Å². The van der Waals surface area contributed by atoms with Crippen molar-refractivity contribution >= 4 is 17.5 Å². The number of carbonyl (C=O) groups is 1. The molecule has 1 fully saturated rings. The fourth-order valence-electron chi connectivity index (χ4n) is 3.21. The van der Waals surface area contributed by atoms with Gasteiger partial charge >= 0.3 is 6.18 Å². The predicted molar refractivity (Wildman–Crippen MR) is 108 cm³/mol. The number of carbonyl (C=O) groups excluding carboxylic acids is 1. The lowest BCUT2D eigenvalue weighted by molar-refractivity contribution is -0.137. The van der Waals surface area contributed by atoms with Crippen molar-refractivity contribution in [3.63, 3.8) is 0 Å². The highest BCUT2D eigenvalue weighted by Crippen LogP contribution is 2.30. The van der Waals surface area contributed by atoms with Gasteiger partial charge in [0, 0.05) is 50.8 Å². The number of aromatic nitrogens is 2. The summed E-state index contributed by atoms with van der Waals surface area (Å²) >= 11 is 0. The smallest absolute Gasteiger partial charge is 0.376 e. The normalized spacial score (nSPS) is 15.1. The molecule has 30 heavy (non-hydrogen) atoms. The van der Waals surface area contributed by atoms with E-state index < -0.39 is 11.7 Å². The summed E-state index contributed by atoms with van der Waals surface area (Å²) in [6.45, 7) is 4.84. The van der Waals surface area contributed by atoms with Crippen molar-refractivity contribution in [2.24, 2.45) is 0 Å². The summed E-state index contributed by atoms with van der Waals surface area (Å²) in [5.74, 6) is 0.496. The first-order valence-electron chi connectivity index (χ1n) is 9.84. The fourth-order valence-corrected chi connectivity index (χ4v) is 3.21.